The Hall–Kier alpha value is -2.69. The molecule has 2 aromatic rings. The maximum atomic E-state index is 5.37. The van der Waals surface area contributed by atoms with E-state index in [-0.39, 0.29) is 0 Å². The number of nitrogens with one attached hydrogen (secondary N) is 2. The summed E-state index contributed by atoms with van der Waals surface area (Å²) in [4.78, 5) is 4.36. The van der Waals surface area contributed by atoms with Crippen LogP contribution in [0, 0.1) is 5.41 Å². The Bertz CT molecular complexity index is 770. The van der Waals surface area contributed by atoms with Crippen molar-refractivity contribution in [1.29, 1.82) is 0 Å². The van der Waals surface area contributed by atoms with Crippen LogP contribution >= 0.6 is 0 Å². The molecule has 0 bridgehead atoms. The Morgan fingerprint density at radius 1 is 0.963 bits per heavy atom. The minimum absolute atomic E-state index is 0.363. The molecular formula is C22H29N3O2. The fourth-order valence-electron chi connectivity index (χ4n) is 3.29. The van der Waals surface area contributed by atoms with Crippen molar-refractivity contribution < 1.29 is 9.47 Å². The van der Waals surface area contributed by atoms with E-state index < -0.39 is 0 Å². The quantitative estimate of drug-likeness (QED) is 0.555. The van der Waals surface area contributed by atoms with Crippen LogP contribution < -0.4 is 20.1 Å². The molecule has 0 heterocycles. The zero-order valence-corrected chi connectivity index (χ0v) is 16.4. The normalized spacial score (nSPS) is 15.1. The summed E-state index contributed by atoms with van der Waals surface area (Å²) in [6.07, 6.45) is 3.65. The van der Waals surface area contributed by atoms with Crippen LogP contribution in [-0.2, 0) is 13.0 Å². The van der Waals surface area contributed by atoms with Gasteiger partial charge in [0, 0.05) is 20.1 Å². The van der Waals surface area contributed by atoms with E-state index in [0.29, 0.717) is 12.0 Å². The van der Waals surface area contributed by atoms with Crippen molar-refractivity contribution in [3.05, 3.63) is 59.7 Å². The molecule has 1 aliphatic carbocycles. The van der Waals surface area contributed by atoms with Gasteiger partial charge in [-0.05, 0) is 47.9 Å². The molecule has 144 valence electrons. The van der Waals surface area contributed by atoms with Gasteiger partial charge in [0.2, 0.25) is 0 Å². The molecule has 0 unspecified atom stereocenters. The Kier molecular flexibility index (Phi) is 6.22. The van der Waals surface area contributed by atoms with E-state index in [1.54, 1.807) is 21.3 Å². The van der Waals surface area contributed by atoms with Crippen molar-refractivity contribution in [2.75, 3.05) is 27.8 Å². The fraction of sp³-hybridized carbons (Fsp3) is 0.409. The molecule has 2 aromatic carbocycles. The molecule has 0 amide bonds. The topological polar surface area (TPSA) is 54.9 Å². The van der Waals surface area contributed by atoms with Crippen LogP contribution in [-0.4, -0.2) is 33.8 Å². The zero-order chi connectivity index (χ0) is 19.1. The van der Waals surface area contributed by atoms with Gasteiger partial charge in [-0.2, -0.15) is 0 Å². The summed E-state index contributed by atoms with van der Waals surface area (Å²) in [5, 5.41) is 6.88. The van der Waals surface area contributed by atoms with Gasteiger partial charge in [0.25, 0.3) is 0 Å². The van der Waals surface area contributed by atoms with Gasteiger partial charge in [0.05, 0.1) is 14.2 Å². The molecule has 1 aliphatic rings. The van der Waals surface area contributed by atoms with Crippen LogP contribution in [0.5, 0.6) is 11.5 Å². The lowest BCUT2D eigenvalue weighted by Crippen LogP contribution is -2.40. The highest BCUT2D eigenvalue weighted by Gasteiger charge is 2.42. The maximum Gasteiger partial charge on any atom is 0.191 e. The number of ether oxygens (including phenoxy) is 2. The molecule has 0 radical (unpaired) electrons. The predicted molar refractivity (Wildman–Crippen MR) is 110 cm³/mol. The predicted octanol–water partition coefficient (Wildman–Crippen LogP) is 3.39. The number of hydrogen-bond acceptors (Lipinski definition) is 3. The molecule has 0 aliphatic heterocycles. The molecule has 1 fully saturated rings. The van der Waals surface area contributed by atoms with E-state index in [1.165, 1.54) is 18.4 Å². The van der Waals surface area contributed by atoms with Crippen molar-refractivity contribution in [3.8, 4) is 11.5 Å². The van der Waals surface area contributed by atoms with Crippen molar-refractivity contribution in [2.45, 2.75) is 25.8 Å². The molecule has 0 atom stereocenters. The van der Waals surface area contributed by atoms with Gasteiger partial charge in [0.1, 0.15) is 0 Å². The van der Waals surface area contributed by atoms with Crippen LogP contribution in [0.4, 0.5) is 0 Å². The Balaban J connectivity index is 1.51. The summed E-state index contributed by atoms with van der Waals surface area (Å²) in [7, 11) is 5.10. The second kappa shape index (κ2) is 8.80. The highest BCUT2D eigenvalue weighted by Crippen LogP contribution is 2.47. The van der Waals surface area contributed by atoms with Gasteiger partial charge in [-0.3, -0.25) is 4.99 Å². The minimum atomic E-state index is 0.363. The molecule has 5 heteroatoms. The number of methoxy groups -OCH3 is 2. The molecular weight excluding hydrogens is 338 g/mol. The van der Waals surface area contributed by atoms with Crippen LogP contribution in [0.3, 0.4) is 0 Å². The first-order valence-corrected chi connectivity index (χ1v) is 9.37. The van der Waals surface area contributed by atoms with Gasteiger partial charge < -0.3 is 20.1 Å². The number of aliphatic imine (C=N–C) groups is 1. The smallest absolute Gasteiger partial charge is 0.191 e. The van der Waals surface area contributed by atoms with E-state index >= 15 is 0 Å². The molecule has 2 N–H and O–H groups in total. The van der Waals surface area contributed by atoms with E-state index in [2.05, 4.69) is 46.0 Å². The Morgan fingerprint density at radius 3 is 2.33 bits per heavy atom. The lowest BCUT2D eigenvalue weighted by molar-refractivity contribution is 0.354. The second-order valence-electron chi connectivity index (χ2n) is 7.13. The van der Waals surface area contributed by atoms with E-state index in [9.17, 15) is 0 Å². The highest BCUT2D eigenvalue weighted by molar-refractivity contribution is 5.79. The molecule has 27 heavy (non-hydrogen) atoms. The van der Waals surface area contributed by atoms with E-state index in [4.69, 9.17) is 9.47 Å². The first kappa shape index (κ1) is 19.1. The Morgan fingerprint density at radius 2 is 1.70 bits per heavy atom. The average Bonchev–Trinajstić information content (AvgIpc) is 3.48. The van der Waals surface area contributed by atoms with Gasteiger partial charge in [-0.1, -0.05) is 36.4 Å². The van der Waals surface area contributed by atoms with Gasteiger partial charge >= 0.3 is 0 Å². The third-order valence-corrected chi connectivity index (χ3v) is 5.14. The first-order chi connectivity index (χ1) is 13.2. The summed E-state index contributed by atoms with van der Waals surface area (Å²) in [6, 6.07) is 16.7. The SMILES string of the molecule is CN=C(NCc1ccc(OC)c(OC)c1)NCC1(Cc2ccccc2)CC1. The standard InChI is InChI=1S/C22H29N3O2/c1-23-21(24-15-18-9-10-19(26-2)20(13-18)27-3)25-16-22(11-12-22)14-17-7-5-4-6-8-17/h4-10,13H,11-12,14-16H2,1-3H3,(H2,23,24,25). The number of benzene rings is 2. The number of rotatable bonds is 8. The molecule has 3 rings (SSSR count). The largest absolute Gasteiger partial charge is 0.493 e. The zero-order valence-electron chi connectivity index (χ0n) is 16.4. The fourth-order valence-corrected chi connectivity index (χ4v) is 3.29. The van der Waals surface area contributed by atoms with Crippen LogP contribution in [0.15, 0.2) is 53.5 Å². The molecule has 0 saturated heterocycles. The first-order valence-electron chi connectivity index (χ1n) is 9.37. The summed E-state index contributed by atoms with van der Waals surface area (Å²) < 4.78 is 10.7. The van der Waals surface area contributed by atoms with Crippen molar-refractivity contribution in [2.24, 2.45) is 10.4 Å². The second-order valence-corrected chi connectivity index (χ2v) is 7.13. The molecule has 1 saturated carbocycles. The third kappa shape index (κ3) is 5.16. The monoisotopic (exact) mass is 367 g/mol. The lowest BCUT2D eigenvalue weighted by atomic mass is 9.96. The number of guanidine groups is 1. The van der Waals surface area contributed by atoms with Gasteiger partial charge in [-0.15, -0.1) is 0 Å². The molecule has 5 nitrogen and oxygen atoms in total. The summed E-state index contributed by atoms with van der Waals surface area (Å²) in [6.45, 7) is 1.61. The summed E-state index contributed by atoms with van der Waals surface area (Å²) in [5.74, 6) is 2.30. The Labute approximate surface area is 161 Å². The van der Waals surface area contributed by atoms with Crippen LogP contribution in [0.1, 0.15) is 24.0 Å². The number of hydrogen-bond donors (Lipinski definition) is 2. The minimum Gasteiger partial charge on any atom is -0.493 e. The average molecular weight is 367 g/mol. The van der Waals surface area contributed by atoms with E-state index in [1.807, 2.05) is 18.2 Å². The van der Waals surface area contributed by atoms with Gasteiger partial charge in [-0.25, -0.2) is 0 Å². The number of nitrogens with zero attached hydrogens (tertiary/aromatic N) is 1. The lowest BCUT2D eigenvalue weighted by Gasteiger charge is -2.19. The van der Waals surface area contributed by atoms with Crippen LogP contribution in [0.25, 0.3) is 0 Å². The molecule has 0 spiro atoms. The molecule has 0 aromatic heterocycles. The van der Waals surface area contributed by atoms with Gasteiger partial charge in [0.15, 0.2) is 17.5 Å². The van der Waals surface area contributed by atoms with Crippen LogP contribution in [0.2, 0.25) is 0 Å². The third-order valence-electron chi connectivity index (χ3n) is 5.14. The summed E-state index contributed by atoms with van der Waals surface area (Å²) in [5.41, 5.74) is 2.88. The summed E-state index contributed by atoms with van der Waals surface area (Å²) >= 11 is 0. The van der Waals surface area contributed by atoms with Crippen molar-refractivity contribution in [1.82, 2.24) is 10.6 Å². The van der Waals surface area contributed by atoms with Crippen molar-refractivity contribution in [3.63, 3.8) is 0 Å². The maximum absolute atomic E-state index is 5.37. The van der Waals surface area contributed by atoms with E-state index in [0.717, 1.165) is 36.0 Å². The highest BCUT2D eigenvalue weighted by atomic mass is 16.5. The van der Waals surface area contributed by atoms with Crippen molar-refractivity contribution >= 4 is 5.96 Å².